The Morgan fingerprint density at radius 1 is 1.13 bits per heavy atom. The van der Waals surface area contributed by atoms with Crippen LogP contribution in [0.4, 0.5) is 11.8 Å². The van der Waals surface area contributed by atoms with Crippen LogP contribution in [0.1, 0.15) is 31.7 Å². The summed E-state index contributed by atoms with van der Waals surface area (Å²) in [5.74, 6) is 2.69. The van der Waals surface area contributed by atoms with Crippen molar-refractivity contribution in [3.8, 4) is 11.5 Å². The highest BCUT2D eigenvalue weighted by atomic mass is 16.5. The predicted octanol–water partition coefficient (Wildman–Crippen LogP) is 3.58. The standard InChI is InChI=1S/C22H30N6O2/c1-4-5-7-16(13-23)26-21-20-18(8-6-11-24-20)27-22(28-21)25-14-15-9-10-17(29-2)12-19(15)30-3/h6,8-12,16H,4-5,7,13-14,23H2,1-3H3,(H2,25,26,27,28)/t16-/m1/s1. The maximum absolute atomic E-state index is 5.97. The van der Waals surface area contributed by atoms with Crippen LogP contribution in [0.2, 0.25) is 0 Å². The maximum atomic E-state index is 5.97. The molecule has 30 heavy (non-hydrogen) atoms. The third kappa shape index (κ3) is 5.27. The molecule has 1 aromatic carbocycles. The molecule has 4 N–H and O–H groups in total. The number of hydrogen-bond donors (Lipinski definition) is 3. The molecule has 160 valence electrons. The fourth-order valence-electron chi connectivity index (χ4n) is 3.21. The molecule has 0 bridgehead atoms. The fraction of sp³-hybridized carbons (Fsp3) is 0.409. The molecule has 0 unspecified atom stereocenters. The predicted molar refractivity (Wildman–Crippen MR) is 120 cm³/mol. The summed E-state index contributed by atoms with van der Waals surface area (Å²) in [6.07, 6.45) is 4.96. The zero-order chi connectivity index (χ0) is 21.3. The highest BCUT2D eigenvalue weighted by Crippen LogP contribution is 2.26. The number of nitrogens with two attached hydrogens (primary N) is 1. The fourth-order valence-corrected chi connectivity index (χ4v) is 3.21. The van der Waals surface area contributed by atoms with Crippen molar-refractivity contribution in [3.05, 3.63) is 42.1 Å². The minimum absolute atomic E-state index is 0.139. The van der Waals surface area contributed by atoms with Crippen molar-refractivity contribution in [2.45, 2.75) is 38.8 Å². The van der Waals surface area contributed by atoms with Gasteiger partial charge >= 0.3 is 0 Å². The number of anilines is 2. The quantitative estimate of drug-likeness (QED) is 0.440. The van der Waals surface area contributed by atoms with Crippen molar-refractivity contribution in [2.24, 2.45) is 5.73 Å². The minimum Gasteiger partial charge on any atom is -0.497 e. The van der Waals surface area contributed by atoms with Gasteiger partial charge in [0.1, 0.15) is 17.0 Å². The van der Waals surface area contributed by atoms with E-state index >= 15 is 0 Å². The van der Waals surface area contributed by atoms with Crippen LogP contribution in [0.25, 0.3) is 11.0 Å². The van der Waals surface area contributed by atoms with Crippen molar-refractivity contribution >= 4 is 22.8 Å². The van der Waals surface area contributed by atoms with Crippen LogP contribution in [0.3, 0.4) is 0 Å². The molecular formula is C22H30N6O2. The van der Waals surface area contributed by atoms with Gasteiger partial charge < -0.3 is 25.8 Å². The van der Waals surface area contributed by atoms with Gasteiger partial charge in [0.25, 0.3) is 0 Å². The number of pyridine rings is 1. The molecule has 0 radical (unpaired) electrons. The number of benzene rings is 1. The molecular weight excluding hydrogens is 380 g/mol. The van der Waals surface area contributed by atoms with Crippen molar-refractivity contribution in [3.63, 3.8) is 0 Å². The van der Waals surface area contributed by atoms with Gasteiger partial charge in [-0.25, -0.2) is 4.98 Å². The Bertz CT molecular complexity index is 966. The minimum atomic E-state index is 0.139. The van der Waals surface area contributed by atoms with Gasteiger partial charge in [0.2, 0.25) is 5.95 Å². The number of rotatable bonds is 11. The first kappa shape index (κ1) is 21.6. The van der Waals surface area contributed by atoms with Crippen molar-refractivity contribution in [1.29, 1.82) is 0 Å². The SMILES string of the molecule is CCCC[C@H](CN)Nc1nc(NCc2ccc(OC)cc2OC)nc2cccnc12. The van der Waals surface area contributed by atoms with Crippen LogP contribution in [0.15, 0.2) is 36.5 Å². The number of fused-ring (bicyclic) bond motifs is 1. The van der Waals surface area contributed by atoms with E-state index in [1.54, 1.807) is 20.4 Å². The summed E-state index contributed by atoms with van der Waals surface area (Å²) < 4.78 is 10.7. The molecule has 1 atom stereocenters. The highest BCUT2D eigenvalue weighted by molar-refractivity contribution is 5.86. The number of ether oxygens (including phenoxy) is 2. The third-order valence-corrected chi connectivity index (χ3v) is 4.92. The number of nitrogens with one attached hydrogen (secondary N) is 2. The van der Waals surface area contributed by atoms with E-state index in [1.165, 1.54) is 0 Å². The number of aromatic nitrogens is 3. The number of nitrogens with zero attached hydrogens (tertiary/aromatic N) is 3. The molecule has 0 saturated carbocycles. The topological polar surface area (TPSA) is 107 Å². The van der Waals surface area contributed by atoms with E-state index in [9.17, 15) is 0 Å². The average molecular weight is 411 g/mol. The number of hydrogen-bond acceptors (Lipinski definition) is 8. The van der Waals surface area contributed by atoms with Gasteiger partial charge in [0.15, 0.2) is 5.82 Å². The second-order valence-electron chi connectivity index (χ2n) is 7.02. The van der Waals surface area contributed by atoms with Crippen LogP contribution in [0, 0.1) is 0 Å². The molecule has 3 aromatic rings. The van der Waals surface area contributed by atoms with Crippen molar-refractivity contribution < 1.29 is 9.47 Å². The summed E-state index contributed by atoms with van der Waals surface area (Å²) in [5.41, 5.74) is 8.45. The molecule has 0 aliphatic rings. The van der Waals surface area contributed by atoms with Gasteiger partial charge in [-0.15, -0.1) is 0 Å². The van der Waals surface area contributed by atoms with Gasteiger partial charge in [-0.05, 0) is 30.7 Å². The Morgan fingerprint density at radius 3 is 2.73 bits per heavy atom. The second kappa shape index (κ2) is 10.6. The lowest BCUT2D eigenvalue weighted by atomic mass is 10.1. The summed E-state index contributed by atoms with van der Waals surface area (Å²) in [4.78, 5) is 13.8. The molecule has 0 aliphatic heterocycles. The average Bonchev–Trinajstić information content (AvgIpc) is 2.80. The van der Waals surface area contributed by atoms with Crippen LogP contribution < -0.4 is 25.8 Å². The molecule has 8 heteroatoms. The Balaban J connectivity index is 1.84. The zero-order valence-electron chi connectivity index (χ0n) is 17.8. The summed E-state index contributed by atoms with van der Waals surface area (Å²) in [6, 6.07) is 9.65. The Hall–Kier alpha value is -3.13. The van der Waals surface area contributed by atoms with Gasteiger partial charge in [-0.2, -0.15) is 4.98 Å². The first-order chi connectivity index (χ1) is 14.7. The Morgan fingerprint density at radius 2 is 2.00 bits per heavy atom. The first-order valence-electron chi connectivity index (χ1n) is 10.2. The lowest BCUT2D eigenvalue weighted by molar-refractivity contribution is 0.391. The molecule has 0 amide bonds. The van der Waals surface area contributed by atoms with Crippen LogP contribution in [-0.4, -0.2) is 41.8 Å². The van der Waals surface area contributed by atoms with Crippen molar-refractivity contribution in [2.75, 3.05) is 31.4 Å². The van der Waals surface area contributed by atoms with Gasteiger partial charge in [0, 0.05) is 37.0 Å². The molecule has 0 aliphatic carbocycles. The molecule has 2 heterocycles. The van der Waals surface area contributed by atoms with Gasteiger partial charge in [-0.1, -0.05) is 19.8 Å². The van der Waals surface area contributed by atoms with E-state index in [4.69, 9.17) is 15.2 Å². The summed E-state index contributed by atoms with van der Waals surface area (Å²) >= 11 is 0. The number of unbranched alkanes of at least 4 members (excludes halogenated alkanes) is 1. The van der Waals surface area contributed by atoms with E-state index in [1.807, 2.05) is 30.3 Å². The lowest BCUT2D eigenvalue weighted by Gasteiger charge is -2.19. The van der Waals surface area contributed by atoms with E-state index in [0.29, 0.717) is 24.9 Å². The molecule has 0 fully saturated rings. The summed E-state index contributed by atoms with van der Waals surface area (Å²) in [6.45, 7) is 3.21. The van der Waals surface area contributed by atoms with E-state index in [-0.39, 0.29) is 6.04 Å². The Kier molecular flexibility index (Phi) is 7.62. The molecule has 0 spiro atoms. The lowest BCUT2D eigenvalue weighted by Crippen LogP contribution is -2.29. The van der Waals surface area contributed by atoms with E-state index in [0.717, 1.165) is 47.4 Å². The van der Waals surface area contributed by atoms with Gasteiger partial charge in [0.05, 0.1) is 19.7 Å². The summed E-state index contributed by atoms with van der Waals surface area (Å²) in [7, 11) is 3.27. The van der Waals surface area contributed by atoms with E-state index in [2.05, 4.69) is 32.5 Å². The monoisotopic (exact) mass is 410 g/mol. The van der Waals surface area contributed by atoms with Crippen LogP contribution in [-0.2, 0) is 6.54 Å². The first-order valence-corrected chi connectivity index (χ1v) is 10.2. The third-order valence-electron chi connectivity index (χ3n) is 4.92. The summed E-state index contributed by atoms with van der Waals surface area (Å²) in [5, 5.41) is 6.76. The highest BCUT2D eigenvalue weighted by Gasteiger charge is 2.14. The molecule has 8 nitrogen and oxygen atoms in total. The van der Waals surface area contributed by atoms with Crippen LogP contribution in [0.5, 0.6) is 11.5 Å². The maximum Gasteiger partial charge on any atom is 0.225 e. The molecule has 2 aromatic heterocycles. The Labute approximate surface area is 177 Å². The normalized spacial score (nSPS) is 11.9. The largest absolute Gasteiger partial charge is 0.497 e. The molecule has 3 rings (SSSR count). The zero-order valence-corrected chi connectivity index (χ0v) is 17.8. The molecule has 0 saturated heterocycles. The van der Waals surface area contributed by atoms with Crippen LogP contribution >= 0.6 is 0 Å². The smallest absolute Gasteiger partial charge is 0.225 e. The van der Waals surface area contributed by atoms with Gasteiger partial charge in [-0.3, -0.25) is 4.98 Å². The van der Waals surface area contributed by atoms with E-state index < -0.39 is 0 Å². The number of methoxy groups -OCH3 is 2. The van der Waals surface area contributed by atoms with Crippen molar-refractivity contribution in [1.82, 2.24) is 15.0 Å². The second-order valence-corrected chi connectivity index (χ2v) is 7.02.